The van der Waals surface area contributed by atoms with Crippen LogP contribution in [-0.2, 0) is 10.0 Å². The van der Waals surface area contributed by atoms with Gasteiger partial charge in [0.1, 0.15) is 12.7 Å². The molecule has 1 heterocycles. The molecule has 2 aromatic rings. The summed E-state index contributed by atoms with van der Waals surface area (Å²) in [6.45, 7) is 2.02. The molecule has 156 valence electrons. The van der Waals surface area contributed by atoms with Crippen LogP contribution >= 0.6 is 0 Å². The third-order valence-electron chi connectivity index (χ3n) is 4.66. The van der Waals surface area contributed by atoms with Crippen LogP contribution in [0, 0.1) is 5.82 Å². The highest BCUT2D eigenvalue weighted by atomic mass is 32.2. The molecular weight excluding hydrogens is 395 g/mol. The summed E-state index contributed by atoms with van der Waals surface area (Å²) in [4.78, 5) is 1.97. The molecule has 1 N–H and O–H groups in total. The smallest absolute Gasteiger partial charge is 0.236 e. The third kappa shape index (κ3) is 6.37. The van der Waals surface area contributed by atoms with Crippen molar-refractivity contribution in [2.24, 2.45) is 0 Å². The molecule has 8 heteroatoms. The summed E-state index contributed by atoms with van der Waals surface area (Å²) < 4.78 is 45.3. The predicted octanol–water partition coefficient (Wildman–Crippen LogP) is 2.18. The largest absolute Gasteiger partial charge is 0.488 e. The summed E-state index contributed by atoms with van der Waals surface area (Å²) in [5, 5.41) is 11.4. The zero-order valence-electron chi connectivity index (χ0n) is 16.0. The Balaban J connectivity index is 1.45. The van der Waals surface area contributed by atoms with Gasteiger partial charge in [-0.15, -0.1) is 0 Å². The van der Waals surface area contributed by atoms with Crippen LogP contribution in [-0.4, -0.2) is 68.2 Å². The van der Waals surface area contributed by atoms with E-state index < -0.39 is 21.9 Å². The predicted molar refractivity (Wildman–Crippen MR) is 110 cm³/mol. The molecule has 0 radical (unpaired) electrons. The zero-order chi connectivity index (χ0) is 20.7. The molecule has 0 spiro atoms. The quantitative estimate of drug-likeness (QED) is 0.709. The lowest BCUT2D eigenvalue weighted by atomic mass is 10.2. The van der Waals surface area contributed by atoms with E-state index in [0.29, 0.717) is 32.7 Å². The number of β-amino-alcohol motifs (C(OH)–C–C–N with tert-alkyl or cyclic N) is 1. The molecule has 3 rings (SSSR count). The molecule has 1 aliphatic heterocycles. The molecule has 1 saturated heterocycles. The fourth-order valence-electron chi connectivity index (χ4n) is 3.08. The maximum atomic E-state index is 13.5. The van der Waals surface area contributed by atoms with Gasteiger partial charge in [0.05, 0.1) is 0 Å². The van der Waals surface area contributed by atoms with Crippen LogP contribution in [0.25, 0.3) is 6.08 Å². The number of benzene rings is 2. The maximum absolute atomic E-state index is 13.5. The van der Waals surface area contributed by atoms with Crippen molar-refractivity contribution in [1.82, 2.24) is 9.21 Å². The van der Waals surface area contributed by atoms with Crippen LogP contribution in [0.3, 0.4) is 0 Å². The Hall–Kier alpha value is -2.26. The Morgan fingerprint density at radius 1 is 1.03 bits per heavy atom. The van der Waals surface area contributed by atoms with Crippen molar-refractivity contribution in [2.75, 3.05) is 39.3 Å². The van der Waals surface area contributed by atoms with Crippen molar-refractivity contribution >= 4 is 16.1 Å². The first-order valence-corrected chi connectivity index (χ1v) is 11.0. The number of aliphatic hydroxyl groups excluding tert-OH is 1. The van der Waals surface area contributed by atoms with Crippen LogP contribution in [0.2, 0.25) is 0 Å². The second kappa shape index (κ2) is 9.98. The van der Waals surface area contributed by atoms with Gasteiger partial charge in [0, 0.05) is 38.1 Å². The second-order valence-electron chi connectivity index (χ2n) is 6.85. The van der Waals surface area contributed by atoms with Gasteiger partial charge in [-0.3, -0.25) is 4.90 Å². The minimum Gasteiger partial charge on any atom is -0.488 e. The van der Waals surface area contributed by atoms with Crippen molar-refractivity contribution in [1.29, 1.82) is 0 Å². The highest BCUT2D eigenvalue weighted by Crippen LogP contribution is 2.16. The van der Waals surface area contributed by atoms with Gasteiger partial charge in [0.15, 0.2) is 11.6 Å². The summed E-state index contributed by atoms with van der Waals surface area (Å²) in [6, 6.07) is 15.3. The molecule has 0 amide bonds. The highest BCUT2D eigenvalue weighted by Gasteiger charge is 2.26. The molecule has 1 aliphatic rings. The van der Waals surface area contributed by atoms with Crippen molar-refractivity contribution < 1.29 is 22.7 Å². The molecule has 0 aliphatic carbocycles. The summed E-state index contributed by atoms with van der Waals surface area (Å²) in [5.41, 5.74) is 0.827. The molecule has 2 aromatic carbocycles. The van der Waals surface area contributed by atoms with E-state index in [0.717, 1.165) is 5.56 Å². The molecule has 6 nitrogen and oxygen atoms in total. The number of halogens is 1. The number of sulfonamides is 1. The van der Waals surface area contributed by atoms with E-state index in [9.17, 15) is 17.9 Å². The van der Waals surface area contributed by atoms with Gasteiger partial charge >= 0.3 is 0 Å². The number of rotatable bonds is 8. The third-order valence-corrected chi connectivity index (χ3v) is 6.22. The highest BCUT2D eigenvalue weighted by molar-refractivity contribution is 7.92. The lowest BCUT2D eigenvalue weighted by Gasteiger charge is -2.34. The Kier molecular flexibility index (Phi) is 7.38. The fourth-order valence-corrected chi connectivity index (χ4v) is 4.25. The minimum atomic E-state index is -3.49. The average Bonchev–Trinajstić information content (AvgIpc) is 2.73. The number of para-hydroxylation sites is 1. The number of piperazine rings is 1. The SMILES string of the molecule is O=S(=O)(/C=C/c1ccccc1)N1CCN(C[C@H](O)COc2ccccc2F)CC1. The van der Waals surface area contributed by atoms with Crippen LogP contribution in [0.1, 0.15) is 5.56 Å². The Labute approximate surface area is 170 Å². The van der Waals surface area contributed by atoms with Gasteiger partial charge in [-0.1, -0.05) is 42.5 Å². The van der Waals surface area contributed by atoms with Crippen LogP contribution < -0.4 is 4.74 Å². The zero-order valence-corrected chi connectivity index (χ0v) is 16.8. The Bertz CT molecular complexity index is 913. The number of ether oxygens (including phenoxy) is 1. The maximum Gasteiger partial charge on any atom is 0.236 e. The summed E-state index contributed by atoms with van der Waals surface area (Å²) in [7, 11) is -3.49. The molecule has 0 saturated carbocycles. The van der Waals surface area contributed by atoms with E-state index in [1.54, 1.807) is 18.2 Å². The first-order chi connectivity index (χ1) is 13.9. The van der Waals surface area contributed by atoms with Gasteiger partial charge in [-0.2, -0.15) is 4.31 Å². The van der Waals surface area contributed by atoms with E-state index in [2.05, 4.69) is 0 Å². The van der Waals surface area contributed by atoms with E-state index in [1.165, 1.54) is 21.8 Å². The first-order valence-electron chi connectivity index (χ1n) is 9.45. The van der Waals surface area contributed by atoms with Crippen LogP contribution in [0.4, 0.5) is 4.39 Å². The summed E-state index contributed by atoms with van der Waals surface area (Å²) in [6.07, 6.45) is 0.793. The molecule has 1 fully saturated rings. The van der Waals surface area contributed by atoms with E-state index in [4.69, 9.17) is 4.74 Å². The molecule has 0 bridgehead atoms. The van der Waals surface area contributed by atoms with Crippen molar-refractivity contribution in [3.63, 3.8) is 0 Å². The fraction of sp³-hybridized carbons (Fsp3) is 0.333. The van der Waals surface area contributed by atoms with Gasteiger partial charge in [-0.05, 0) is 23.8 Å². The van der Waals surface area contributed by atoms with Gasteiger partial charge in [0.25, 0.3) is 0 Å². The van der Waals surface area contributed by atoms with Gasteiger partial charge < -0.3 is 9.84 Å². The number of hydrogen-bond donors (Lipinski definition) is 1. The molecule has 0 unspecified atom stereocenters. The van der Waals surface area contributed by atoms with Crippen LogP contribution in [0.5, 0.6) is 5.75 Å². The van der Waals surface area contributed by atoms with E-state index in [1.807, 2.05) is 35.2 Å². The molecule has 29 heavy (non-hydrogen) atoms. The normalized spacial score (nSPS) is 17.4. The summed E-state index contributed by atoms with van der Waals surface area (Å²) >= 11 is 0. The van der Waals surface area contributed by atoms with E-state index >= 15 is 0 Å². The minimum absolute atomic E-state index is 0.0285. The first kappa shape index (κ1) is 21.4. The van der Waals surface area contributed by atoms with E-state index in [-0.39, 0.29) is 12.4 Å². The molecule has 0 aromatic heterocycles. The molecular formula is C21H25FN2O4S. The monoisotopic (exact) mass is 420 g/mol. The van der Waals surface area contributed by atoms with Crippen LogP contribution in [0.15, 0.2) is 60.0 Å². The lowest BCUT2D eigenvalue weighted by Crippen LogP contribution is -2.50. The number of nitrogens with zero attached hydrogens (tertiary/aromatic N) is 2. The number of aliphatic hydroxyl groups is 1. The van der Waals surface area contributed by atoms with Crippen molar-refractivity contribution in [3.8, 4) is 5.75 Å². The van der Waals surface area contributed by atoms with Gasteiger partial charge in [0.2, 0.25) is 10.0 Å². The van der Waals surface area contributed by atoms with Gasteiger partial charge in [-0.25, -0.2) is 12.8 Å². The summed E-state index contributed by atoms with van der Waals surface area (Å²) in [5.74, 6) is -0.366. The average molecular weight is 421 g/mol. The lowest BCUT2D eigenvalue weighted by molar-refractivity contribution is 0.0559. The van der Waals surface area contributed by atoms with Crippen molar-refractivity contribution in [2.45, 2.75) is 6.10 Å². The van der Waals surface area contributed by atoms with Crippen molar-refractivity contribution in [3.05, 3.63) is 71.4 Å². The standard InChI is InChI=1S/C21H25FN2O4S/c22-20-8-4-5-9-21(20)28-17-19(25)16-23-11-13-24(14-12-23)29(26,27)15-10-18-6-2-1-3-7-18/h1-10,15,19,25H,11-14,16-17H2/b15-10+/t19-/m0/s1. The Morgan fingerprint density at radius 2 is 1.69 bits per heavy atom. The topological polar surface area (TPSA) is 70.1 Å². The second-order valence-corrected chi connectivity index (χ2v) is 8.67. The molecule has 1 atom stereocenters. The number of hydrogen-bond acceptors (Lipinski definition) is 5. The Morgan fingerprint density at radius 3 is 2.38 bits per heavy atom.